The number of likely N-dealkylation sites (N-methyl/N-ethyl adjacent to an activating group) is 1. The zero-order valence-electron chi connectivity index (χ0n) is 7.26. The number of unbranched alkanes of at least 4 members (excludes halogenated alkanes) is 1. The molecule has 1 aliphatic rings. The summed E-state index contributed by atoms with van der Waals surface area (Å²) in [7, 11) is 1.83. The quantitative estimate of drug-likeness (QED) is 0.647. The predicted octanol–water partition coefficient (Wildman–Crippen LogP) is 0.564. The molecule has 0 saturated carbocycles. The van der Waals surface area contributed by atoms with Gasteiger partial charge in [-0.3, -0.25) is 10.1 Å². The van der Waals surface area contributed by atoms with E-state index in [0.717, 1.165) is 19.3 Å². The monoisotopic (exact) mass is 156 g/mol. The van der Waals surface area contributed by atoms with Gasteiger partial charge in [0.05, 0.1) is 12.7 Å². The van der Waals surface area contributed by atoms with Crippen molar-refractivity contribution in [3.8, 4) is 0 Å². The lowest BCUT2D eigenvalue weighted by Gasteiger charge is -2.07. The summed E-state index contributed by atoms with van der Waals surface area (Å²) in [6.07, 6.45) is 3.28. The number of nitrogens with one attached hydrogen (secondary N) is 1. The van der Waals surface area contributed by atoms with Crippen LogP contribution in [0.5, 0.6) is 0 Å². The van der Waals surface area contributed by atoms with E-state index in [1.807, 2.05) is 7.05 Å². The second-order valence-corrected chi connectivity index (χ2v) is 3.09. The Balaban J connectivity index is 2.30. The Bertz CT molecular complexity index is 147. The Morgan fingerprint density at radius 1 is 1.73 bits per heavy atom. The Labute approximate surface area is 67.8 Å². The van der Waals surface area contributed by atoms with Crippen LogP contribution < -0.4 is 5.32 Å². The average Bonchev–Trinajstić information content (AvgIpc) is 2.31. The largest absolute Gasteiger partial charge is 0.332 e. The van der Waals surface area contributed by atoms with Crippen LogP contribution in [0.1, 0.15) is 26.2 Å². The Hall–Kier alpha value is -0.570. The Morgan fingerprint density at radius 2 is 2.45 bits per heavy atom. The van der Waals surface area contributed by atoms with Gasteiger partial charge in [0.25, 0.3) is 0 Å². The highest BCUT2D eigenvalue weighted by atomic mass is 16.2. The van der Waals surface area contributed by atoms with Gasteiger partial charge in [0.15, 0.2) is 0 Å². The van der Waals surface area contributed by atoms with Gasteiger partial charge < -0.3 is 4.90 Å². The summed E-state index contributed by atoms with van der Waals surface area (Å²) in [4.78, 5) is 13.0. The highest BCUT2D eigenvalue weighted by Crippen LogP contribution is 2.07. The van der Waals surface area contributed by atoms with Crippen molar-refractivity contribution in [2.24, 2.45) is 0 Å². The minimum absolute atomic E-state index is 0.0972. The fourth-order valence-electron chi connectivity index (χ4n) is 1.31. The van der Waals surface area contributed by atoms with E-state index in [0.29, 0.717) is 6.67 Å². The molecule has 1 amide bonds. The molecule has 1 atom stereocenters. The van der Waals surface area contributed by atoms with Crippen molar-refractivity contribution in [1.82, 2.24) is 10.2 Å². The predicted molar refractivity (Wildman–Crippen MR) is 44.1 cm³/mol. The van der Waals surface area contributed by atoms with E-state index in [4.69, 9.17) is 0 Å². The topological polar surface area (TPSA) is 32.3 Å². The first-order valence-corrected chi connectivity index (χ1v) is 4.24. The average molecular weight is 156 g/mol. The second-order valence-electron chi connectivity index (χ2n) is 3.09. The molecule has 1 aliphatic heterocycles. The van der Waals surface area contributed by atoms with E-state index in [-0.39, 0.29) is 11.9 Å². The van der Waals surface area contributed by atoms with E-state index in [9.17, 15) is 4.79 Å². The zero-order chi connectivity index (χ0) is 8.27. The fourth-order valence-corrected chi connectivity index (χ4v) is 1.31. The molecule has 1 saturated heterocycles. The van der Waals surface area contributed by atoms with Gasteiger partial charge in [-0.2, -0.15) is 0 Å². The van der Waals surface area contributed by atoms with Gasteiger partial charge in [-0.25, -0.2) is 0 Å². The third-order valence-electron chi connectivity index (χ3n) is 2.10. The van der Waals surface area contributed by atoms with Crippen LogP contribution in [-0.4, -0.2) is 30.6 Å². The van der Waals surface area contributed by atoms with Gasteiger partial charge >= 0.3 is 0 Å². The summed E-state index contributed by atoms with van der Waals surface area (Å²) >= 11 is 0. The number of carbonyl (C=O) groups excluding carboxylic acids is 1. The molecule has 0 radical (unpaired) electrons. The molecule has 1 heterocycles. The first-order valence-electron chi connectivity index (χ1n) is 4.24. The molecular weight excluding hydrogens is 140 g/mol. The van der Waals surface area contributed by atoms with Crippen molar-refractivity contribution in [3.63, 3.8) is 0 Å². The van der Waals surface area contributed by atoms with Crippen molar-refractivity contribution in [1.29, 1.82) is 0 Å². The molecule has 1 N–H and O–H groups in total. The van der Waals surface area contributed by atoms with Crippen molar-refractivity contribution < 1.29 is 4.79 Å². The minimum Gasteiger partial charge on any atom is -0.332 e. The Morgan fingerprint density at radius 3 is 2.91 bits per heavy atom. The molecule has 0 aromatic carbocycles. The number of hydrogen-bond donors (Lipinski definition) is 1. The van der Waals surface area contributed by atoms with E-state index < -0.39 is 0 Å². The van der Waals surface area contributed by atoms with Gasteiger partial charge in [0.2, 0.25) is 5.91 Å². The number of nitrogens with zero attached hydrogens (tertiary/aromatic N) is 1. The molecule has 3 heteroatoms. The molecule has 1 fully saturated rings. The smallest absolute Gasteiger partial charge is 0.240 e. The summed E-state index contributed by atoms with van der Waals surface area (Å²) in [5.74, 6) is 0.249. The van der Waals surface area contributed by atoms with Crippen molar-refractivity contribution >= 4 is 5.91 Å². The maximum absolute atomic E-state index is 11.3. The summed E-state index contributed by atoms with van der Waals surface area (Å²) in [6.45, 7) is 2.86. The van der Waals surface area contributed by atoms with E-state index in [2.05, 4.69) is 12.2 Å². The molecule has 0 spiro atoms. The van der Waals surface area contributed by atoms with E-state index in [1.54, 1.807) is 4.90 Å². The Kier molecular flexibility index (Phi) is 2.88. The van der Waals surface area contributed by atoms with Crippen LogP contribution in [0.4, 0.5) is 0 Å². The molecule has 0 aromatic heterocycles. The molecule has 1 unspecified atom stereocenters. The molecule has 0 aromatic rings. The summed E-state index contributed by atoms with van der Waals surface area (Å²) in [5, 5.41) is 3.17. The van der Waals surface area contributed by atoms with Gasteiger partial charge in [0, 0.05) is 7.05 Å². The normalized spacial score (nSPS) is 24.7. The number of amides is 1. The highest BCUT2D eigenvalue weighted by Gasteiger charge is 2.26. The maximum atomic E-state index is 11.3. The molecule has 3 nitrogen and oxygen atoms in total. The maximum Gasteiger partial charge on any atom is 0.240 e. The van der Waals surface area contributed by atoms with Crippen molar-refractivity contribution in [2.45, 2.75) is 32.2 Å². The van der Waals surface area contributed by atoms with Gasteiger partial charge in [-0.15, -0.1) is 0 Å². The van der Waals surface area contributed by atoms with Crippen LogP contribution >= 0.6 is 0 Å². The molecular formula is C8H16N2O. The fraction of sp³-hybridized carbons (Fsp3) is 0.875. The van der Waals surface area contributed by atoms with Gasteiger partial charge in [-0.1, -0.05) is 19.8 Å². The van der Waals surface area contributed by atoms with Crippen LogP contribution in [0.25, 0.3) is 0 Å². The minimum atomic E-state index is 0.0972. The lowest BCUT2D eigenvalue weighted by molar-refractivity contribution is -0.127. The molecule has 64 valence electrons. The van der Waals surface area contributed by atoms with E-state index >= 15 is 0 Å². The zero-order valence-corrected chi connectivity index (χ0v) is 7.26. The van der Waals surface area contributed by atoms with E-state index in [1.165, 1.54) is 0 Å². The summed E-state index contributed by atoms with van der Waals surface area (Å²) in [6, 6.07) is 0.0972. The number of rotatable bonds is 3. The van der Waals surface area contributed by atoms with Crippen molar-refractivity contribution in [2.75, 3.05) is 13.7 Å². The van der Waals surface area contributed by atoms with Crippen LogP contribution in [0.15, 0.2) is 0 Å². The molecule has 11 heavy (non-hydrogen) atoms. The standard InChI is InChI=1S/C8H16N2O/c1-3-4-5-7-8(11)10(2)6-9-7/h7,9H,3-6H2,1-2H3. The first-order chi connectivity index (χ1) is 5.25. The van der Waals surface area contributed by atoms with Crippen LogP contribution in [0, 0.1) is 0 Å². The SMILES string of the molecule is CCCCC1NCN(C)C1=O. The third kappa shape index (κ3) is 1.93. The molecule has 0 aliphatic carbocycles. The summed E-state index contributed by atoms with van der Waals surface area (Å²) < 4.78 is 0. The van der Waals surface area contributed by atoms with Crippen LogP contribution in [-0.2, 0) is 4.79 Å². The second kappa shape index (κ2) is 3.72. The van der Waals surface area contributed by atoms with Gasteiger partial charge in [-0.05, 0) is 6.42 Å². The third-order valence-corrected chi connectivity index (χ3v) is 2.10. The number of carbonyl (C=O) groups is 1. The van der Waals surface area contributed by atoms with Gasteiger partial charge in [0.1, 0.15) is 0 Å². The molecule has 1 rings (SSSR count). The highest BCUT2D eigenvalue weighted by molar-refractivity contribution is 5.83. The molecule has 0 bridgehead atoms. The van der Waals surface area contributed by atoms with Crippen molar-refractivity contribution in [3.05, 3.63) is 0 Å². The van der Waals surface area contributed by atoms with Crippen LogP contribution in [0.3, 0.4) is 0 Å². The summed E-state index contributed by atoms with van der Waals surface area (Å²) in [5.41, 5.74) is 0. The first kappa shape index (κ1) is 8.53. The number of hydrogen-bond acceptors (Lipinski definition) is 2. The van der Waals surface area contributed by atoms with Crippen LogP contribution in [0.2, 0.25) is 0 Å². The lowest BCUT2D eigenvalue weighted by atomic mass is 10.1. The lowest BCUT2D eigenvalue weighted by Crippen LogP contribution is -2.28.